The molecule has 1 aromatic carbocycles. The molecule has 2 amide bonds. The fourth-order valence-corrected chi connectivity index (χ4v) is 3.38. The van der Waals surface area contributed by atoms with Gasteiger partial charge < -0.3 is 9.42 Å². The Kier molecular flexibility index (Phi) is 5.38. The molecule has 134 valence electrons. The number of nitrogens with one attached hydrogen (secondary N) is 1. The smallest absolute Gasteiger partial charge is 0.324 e. The van der Waals surface area contributed by atoms with Crippen molar-refractivity contribution in [1.29, 1.82) is 0 Å². The van der Waals surface area contributed by atoms with Crippen LogP contribution in [0.1, 0.15) is 31.0 Å². The first kappa shape index (κ1) is 17.5. The van der Waals surface area contributed by atoms with Crippen LogP contribution in [0.2, 0.25) is 0 Å². The number of likely N-dealkylation sites (tertiary alicyclic amines) is 1. The largest absolute Gasteiger partial charge is 0.338 e. The number of rotatable bonds is 4. The molecule has 6 heteroatoms. The van der Waals surface area contributed by atoms with Crippen molar-refractivity contribution in [2.75, 3.05) is 18.9 Å². The van der Waals surface area contributed by atoms with Crippen molar-refractivity contribution >= 4 is 11.9 Å². The van der Waals surface area contributed by atoms with Gasteiger partial charge in [0.25, 0.3) is 0 Å². The van der Waals surface area contributed by atoms with E-state index in [1.165, 1.54) is 5.56 Å². The van der Waals surface area contributed by atoms with Crippen molar-refractivity contribution in [3.8, 4) is 0 Å². The second-order valence-electron chi connectivity index (χ2n) is 6.86. The number of hydrogen-bond donors (Lipinski definition) is 1. The van der Waals surface area contributed by atoms with Crippen LogP contribution < -0.4 is 5.32 Å². The fraction of sp³-hybridized carbons (Fsp3) is 0.474. The van der Waals surface area contributed by atoms with E-state index in [9.17, 15) is 4.79 Å². The lowest BCUT2D eigenvalue weighted by molar-refractivity contribution is 0.0941. The van der Waals surface area contributed by atoms with Crippen molar-refractivity contribution in [3.63, 3.8) is 0 Å². The summed E-state index contributed by atoms with van der Waals surface area (Å²) in [6, 6.07) is 12.8. The van der Waals surface area contributed by atoms with Crippen LogP contribution in [-0.2, 0) is 6.54 Å². The predicted octanol–water partition coefficient (Wildman–Crippen LogP) is 3.50. The molecule has 1 aromatic heterocycles. The maximum Gasteiger partial charge on any atom is 0.324 e. The molecule has 0 aliphatic carbocycles. The fourth-order valence-electron chi connectivity index (χ4n) is 3.38. The summed E-state index contributed by atoms with van der Waals surface area (Å²) in [7, 11) is 1.85. The summed E-state index contributed by atoms with van der Waals surface area (Å²) in [5, 5.41) is 6.56. The van der Waals surface area contributed by atoms with E-state index in [0.29, 0.717) is 11.9 Å². The molecule has 0 saturated carbocycles. The van der Waals surface area contributed by atoms with E-state index in [1.807, 2.05) is 20.0 Å². The van der Waals surface area contributed by atoms with Gasteiger partial charge in [-0.05, 0) is 32.3 Å². The molecule has 1 saturated heterocycles. The van der Waals surface area contributed by atoms with Crippen LogP contribution in [0.5, 0.6) is 0 Å². The third-order valence-electron chi connectivity index (χ3n) is 4.94. The Morgan fingerprint density at radius 3 is 2.80 bits per heavy atom. The van der Waals surface area contributed by atoms with Crippen molar-refractivity contribution in [3.05, 3.63) is 47.7 Å². The quantitative estimate of drug-likeness (QED) is 0.924. The molecule has 25 heavy (non-hydrogen) atoms. The number of aromatic nitrogens is 1. The lowest BCUT2D eigenvalue weighted by Crippen LogP contribution is -2.50. The van der Waals surface area contributed by atoms with E-state index < -0.39 is 0 Å². The maximum absolute atomic E-state index is 12.4. The molecular formula is C19H26N4O2. The molecule has 2 atom stereocenters. The highest BCUT2D eigenvalue weighted by Gasteiger charge is 2.30. The molecule has 1 fully saturated rings. The van der Waals surface area contributed by atoms with Crippen LogP contribution in [-0.4, -0.2) is 46.7 Å². The summed E-state index contributed by atoms with van der Waals surface area (Å²) < 4.78 is 5.06. The van der Waals surface area contributed by atoms with Crippen LogP contribution in [0, 0.1) is 6.92 Å². The Morgan fingerprint density at radius 1 is 1.40 bits per heavy atom. The molecule has 0 spiro atoms. The van der Waals surface area contributed by atoms with Gasteiger partial charge in [-0.1, -0.05) is 35.5 Å². The highest BCUT2D eigenvalue weighted by Crippen LogP contribution is 2.23. The molecule has 6 nitrogen and oxygen atoms in total. The normalized spacial score (nSPS) is 21.1. The number of carbonyl (C=O) groups is 1. The highest BCUT2D eigenvalue weighted by atomic mass is 16.5. The van der Waals surface area contributed by atoms with Crippen LogP contribution >= 0.6 is 0 Å². The minimum Gasteiger partial charge on any atom is -0.338 e. The van der Waals surface area contributed by atoms with E-state index in [1.54, 1.807) is 11.0 Å². The zero-order valence-electron chi connectivity index (χ0n) is 15.1. The van der Waals surface area contributed by atoms with Gasteiger partial charge in [0.05, 0.1) is 5.69 Å². The predicted molar refractivity (Wildman–Crippen MR) is 97.4 cm³/mol. The number of aryl methyl sites for hydroxylation is 1. The Balaban J connectivity index is 1.53. The summed E-state index contributed by atoms with van der Waals surface area (Å²) >= 11 is 0. The van der Waals surface area contributed by atoms with E-state index in [2.05, 4.69) is 46.6 Å². The summed E-state index contributed by atoms with van der Waals surface area (Å²) in [5.74, 6) is 0.393. The van der Waals surface area contributed by atoms with Gasteiger partial charge in [-0.3, -0.25) is 10.2 Å². The second-order valence-corrected chi connectivity index (χ2v) is 6.86. The van der Waals surface area contributed by atoms with Gasteiger partial charge in [-0.15, -0.1) is 0 Å². The van der Waals surface area contributed by atoms with Gasteiger partial charge in [0.1, 0.15) is 0 Å². The number of urea groups is 1. The van der Waals surface area contributed by atoms with Gasteiger partial charge in [-0.25, -0.2) is 4.79 Å². The minimum absolute atomic E-state index is 0.148. The van der Waals surface area contributed by atoms with Crippen LogP contribution in [0.15, 0.2) is 40.9 Å². The van der Waals surface area contributed by atoms with E-state index in [0.717, 1.165) is 31.6 Å². The zero-order valence-corrected chi connectivity index (χ0v) is 15.1. The van der Waals surface area contributed by atoms with E-state index in [-0.39, 0.29) is 12.1 Å². The van der Waals surface area contributed by atoms with Crippen LogP contribution in [0.3, 0.4) is 0 Å². The van der Waals surface area contributed by atoms with Gasteiger partial charge in [0.2, 0.25) is 5.88 Å². The number of piperidine rings is 1. The second kappa shape index (κ2) is 7.70. The number of amides is 2. The molecule has 0 unspecified atom stereocenters. The Morgan fingerprint density at radius 2 is 2.16 bits per heavy atom. The third kappa shape index (κ3) is 4.39. The summed E-state index contributed by atoms with van der Waals surface area (Å²) in [5.41, 5.74) is 2.08. The molecule has 1 N–H and O–H groups in total. The van der Waals surface area contributed by atoms with Crippen LogP contribution in [0.25, 0.3) is 0 Å². The summed E-state index contributed by atoms with van der Waals surface area (Å²) in [6.45, 7) is 6.01. The summed E-state index contributed by atoms with van der Waals surface area (Å²) in [4.78, 5) is 16.7. The molecule has 1 aliphatic rings. The van der Waals surface area contributed by atoms with Gasteiger partial charge in [-0.2, -0.15) is 0 Å². The lowest BCUT2D eigenvalue weighted by Gasteiger charge is -2.41. The Hall–Kier alpha value is -2.34. The van der Waals surface area contributed by atoms with Crippen molar-refractivity contribution in [2.24, 2.45) is 0 Å². The molecule has 0 bridgehead atoms. The average molecular weight is 342 g/mol. The number of nitrogens with zero attached hydrogens (tertiary/aromatic N) is 3. The van der Waals surface area contributed by atoms with Crippen molar-refractivity contribution < 1.29 is 9.32 Å². The molecule has 2 aromatic rings. The van der Waals surface area contributed by atoms with Gasteiger partial charge >= 0.3 is 6.03 Å². The number of benzene rings is 1. The molecule has 0 radical (unpaired) electrons. The Bertz CT molecular complexity index is 700. The van der Waals surface area contributed by atoms with E-state index in [4.69, 9.17) is 4.52 Å². The molecule has 1 aliphatic heterocycles. The molecule has 3 rings (SSSR count). The van der Waals surface area contributed by atoms with Crippen LogP contribution in [0.4, 0.5) is 10.7 Å². The van der Waals surface area contributed by atoms with Crippen molar-refractivity contribution in [2.45, 2.75) is 45.3 Å². The SMILES string of the molecule is Cc1cc(NC(=O)N(C)[C@@H]2CCN(Cc3ccccc3)[C@H](C)C2)on1. The third-order valence-corrected chi connectivity index (χ3v) is 4.94. The Labute approximate surface area is 148 Å². The first-order valence-corrected chi connectivity index (χ1v) is 8.78. The highest BCUT2D eigenvalue weighted by molar-refractivity contribution is 5.87. The monoisotopic (exact) mass is 342 g/mol. The number of carbonyl (C=O) groups excluding carboxylic acids is 1. The van der Waals surface area contributed by atoms with Crippen molar-refractivity contribution in [1.82, 2.24) is 15.0 Å². The first-order valence-electron chi connectivity index (χ1n) is 8.78. The first-order chi connectivity index (χ1) is 12.0. The number of hydrogen-bond acceptors (Lipinski definition) is 4. The topological polar surface area (TPSA) is 61.6 Å². The van der Waals surface area contributed by atoms with Gasteiger partial charge in [0, 0.05) is 38.3 Å². The number of anilines is 1. The standard InChI is InChI=1S/C19H26N4O2/c1-14-11-18(25-21-14)20-19(24)22(3)17-9-10-23(15(2)12-17)13-16-7-5-4-6-8-16/h4-8,11,15,17H,9-10,12-13H2,1-3H3,(H,20,24)/t15-,17-/m1/s1. The van der Waals surface area contributed by atoms with Gasteiger partial charge in [0.15, 0.2) is 0 Å². The summed E-state index contributed by atoms with van der Waals surface area (Å²) in [6.07, 6.45) is 1.93. The molecule has 2 heterocycles. The zero-order chi connectivity index (χ0) is 17.8. The maximum atomic E-state index is 12.4. The molecular weight excluding hydrogens is 316 g/mol. The van der Waals surface area contributed by atoms with E-state index >= 15 is 0 Å². The minimum atomic E-state index is -0.148. The lowest BCUT2D eigenvalue weighted by atomic mass is 9.96. The average Bonchev–Trinajstić information content (AvgIpc) is 3.01.